The Kier molecular flexibility index (Phi) is 6.68. The second-order valence-corrected chi connectivity index (χ2v) is 13.3. The van der Waals surface area contributed by atoms with E-state index in [0.717, 1.165) is 64.2 Å². The molecule has 1 amide bonds. The molecule has 1 N–H and O–H groups in total. The van der Waals surface area contributed by atoms with Crippen molar-refractivity contribution in [1.29, 1.82) is 0 Å². The molecule has 4 saturated carbocycles. The number of rotatable bonds is 4. The van der Waals surface area contributed by atoms with Crippen LogP contribution in [0.5, 0.6) is 0 Å². The van der Waals surface area contributed by atoms with Crippen molar-refractivity contribution in [2.75, 3.05) is 13.1 Å². The molecule has 5 fully saturated rings. The standard InChI is InChI=1S/C25H38N2O5S/c28-23-18-7-2-3-8-19(18)24(29)22-20(23)9-6-10-21(22)26-25(30)16-11-12-17(15-16)33(31,32)27-13-4-1-5-14-27/h16-22H,1-15H2,(H,26,30). The van der Waals surface area contributed by atoms with E-state index in [9.17, 15) is 22.8 Å². The Labute approximate surface area is 197 Å². The molecule has 0 aromatic carbocycles. The molecule has 5 aliphatic rings. The van der Waals surface area contributed by atoms with E-state index >= 15 is 0 Å². The number of hydrogen-bond acceptors (Lipinski definition) is 5. The molecule has 1 saturated heterocycles. The quantitative estimate of drug-likeness (QED) is 0.670. The Morgan fingerprint density at radius 2 is 1.42 bits per heavy atom. The fourth-order valence-electron chi connectivity index (χ4n) is 7.49. The zero-order chi connectivity index (χ0) is 23.2. The smallest absolute Gasteiger partial charge is 0.223 e. The van der Waals surface area contributed by atoms with E-state index in [1.165, 1.54) is 0 Å². The van der Waals surface area contributed by atoms with Crippen LogP contribution < -0.4 is 5.32 Å². The summed E-state index contributed by atoms with van der Waals surface area (Å²) < 4.78 is 27.7. The number of piperidine rings is 1. The van der Waals surface area contributed by atoms with Gasteiger partial charge in [-0.25, -0.2) is 12.7 Å². The third-order valence-electron chi connectivity index (χ3n) is 9.27. The minimum atomic E-state index is -3.36. The van der Waals surface area contributed by atoms with Crippen molar-refractivity contribution in [1.82, 2.24) is 9.62 Å². The Morgan fingerprint density at radius 3 is 2.15 bits per heavy atom. The van der Waals surface area contributed by atoms with Gasteiger partial charge in [0.2, 0.25) is 15.9 Å². The molecule has 7 nitrogen and oxygen atoms in total. The summed E-state index contributed by atoms with van der Waals surface area (Å²) in [5.74, 6) is -0.874. The maximum Gasteiger partial charge on any atom is 0.223 e. The van der Waals surface area contributed by atoms with Crippen LogP contribution in [0.3, 0.4) is 0 Å². The molecule has 0 aromatic heterocycles. The highest BCUT2D eigenvalue weighted by molar-refractivity contribution is 7.89. The Bertz CT molecular complexity index is 896. The van der Waals surface area contributed by atoms with Crippen LogP contribution >= 0.6 is 0 Å². The fourth-order valence-corrected chi connectivity index (χ4v) is 9.59. The number of ketones is 2. The summed E-state index contributed by atoms with van der Waals surface area (Å²) in [5.41, 5.74) is 0. The van der Waals surface area contributed by atoms with Gasteiger partial charge in [-0.15, -0.1) is 0 Å². The Morgan fingerprint density at radius 1 is 0.758 bits per heavy atom. The van der Waals surface area contributed by atoms with Gasteiger partial charge in [0, 0.05) is 48.7 Å². The molecule has 0 aromatic rings. The van der Waals surface area contributed by atoms with Gasteiger partial charge in [0.15, 0.2) is 0 Å². The van der Waals surface area contributed by atoms with Crippen LogP contribution in [0.15, 0.2) is 0 Å². The summed E-state index contributed by atoms with van der Waals surface area (Å²) in [6.07, 6.45) is 10.4. The summed E-state index contributed by atoms with van der Waals surface area (Å²) in [4.78, 5) is 39.8. The Hall–Kier alpha value is -1.28. The number of carbonyl (C=O) groups excluding carboxylic acids is 3. The van der Waals surface area contributed by atoms with E-state index in [2.05, 4.69) is 5.32 Å². The number of Topliss-reactive ketones (excluding diaryl/α,β-unsaturated/α-hetero) is 2. The highest BCUT2D eigenvalue weighted by Crippen LogP contribution is 2.46. The van der Waals surface area contributed by atoms with Crippen molar-refractivity contribution in [2.45, 2.75) is 94.8 Å². The molecule has 7 atom stereocenters. The number of nitrogens with one attached hydrogen (secondary N) is 1. The molecule has 1 heterocycles. The van der Waals surface area contributed by atoms with Gasteiger partial charge >= 0.3 is 0 Å². The highest BCUT2D eigenvalue weighted by atomic mass is 32.2. The van der Waals surface area contributed by atoms with Crippen LogP contribution in [0.25, 0.3) is 0 Å². The van der Waals surface area contributed by atoms with Gasteiger partial charge in [-0.1, -0.05) is 25.7 Å². The number of nitrogens with zero attached hydrogens (tertiary/aromatic N) is 1. The van der Waals surface area contributed by atoms with Crippen molar-refractivity contribution >= 4 is 27.5 Å². The third-order valence-corrected chi connectivity index (χ3v) is 11.6. The maximum absolute atomic E-state index is 13.4. The van der Waals surface area contributed by atoms with Crippen molar-refractivity contribution < 1.29 is 22.8 Å². The molecule has 7 unspecified atom stereocenters. The highest BCUT2D eigenvalue weighted by Gasteiger charge is 2.53. The molecule has 184 valence electrons. The van der Waals surface area contributed by atoms with Crippen LogP contribution in [0.1, 0.15) is 83.5 Å². The van der Waals surface area contributed by atoms with Gasteiger partial charge in [0.1, 0.15) is 11.6 Å². The second kappa shape index (κ2) is 9.40. The van der Waals surface area contributed by atoms with Crippen LogP contribution in [0.2, 0.25) is 0 Å². The summed E-state index contributed by atoms with van der Waals surface area (Å²) in [7, 11) is -3.36. The average Bonchev–Trinajstić information content (AvgIpc) is 3.35. The van der Waals surface area contributed by atoms with Crippen LogP contribution in [0.4, 0.5) is 0 Å². The number of fused-ring (bicyclic) bond motifs is 2. The minimum absolute atomic E-state index is 0.0995. The zero-order valence-electron chi connectivity index (χ0n) is 19.5. The van der Waals surface area contributed by atoms with E-state index in [1.807, 2.05) is 0 Å². The van der Waals surface area contributed by atoms with Crippen molar-refractivity contribution in [2.24, 2.45) is 29.6 Å². The third kappa shape index (κ3) is 4.30. The molecule has 0 spiro atoms. The van der Waals surface area contributed by atoms with Gasteiger partial charge in [0.25, 0.3) is 0 Å². The van der Waals surface area contributed by atoms with E-state index < -0.39 is 15.3 Å². The molecule has 4 aliphatic carbocycles. The lowest BCUT2D eigenvalue weighted by Gasteiger charge is -2.46. The average molecular weight is 479 g/mol. The Balaban J connectivity index is 1.24. The first-order chi connectivity index (χ1) is 15.9. The molecular weight excluding hydrogens is 440 g/mol. The topological polar surface area (TPSA) is 101 Å². The minimum Gasteiger partial charge on any atom is -0.352 e. The molecule has 0 bridgehead atoms. The summed E-state index contributed by atoms with van der Waals surface area (Å²) >= 11 is 0. The molecule has 5 rings (SSSR count). The predicted octanol–water partition coefficient (Wildman–Crippen LogP) is 2.83. The van der Waals surface area contributed by atoms with Crippen LogP contribution in [-0.2, 0) is 24.4 Å². The van der Waals surface area contributed by atoms with Crippen LogP contribution in [-0.4, -0.2) is 54.6 Å². The van der Waals surface area contributed by atoms with Gasteiger partial charge < -0.3 is 5.32 Å². The van der Waals surface area contributed by atoms with E-state index in [1.54, 1.807) is 4.31 Å². The van der Waals surface area contributed by atoms with E-state index in [0.29, 0.717) is 32.4 Å². The molecule has 8 heteroatoms. The van der Waals surface area contributed by atoms with E-state index in [4.69, 9.17) is 0 Å². The normalized spacial score (nSPS) is 40.2. The first-order valence-corrected chi connectivity index (χ1v) is 14.7. The second-order valence-electron chi connectivity index (χ2n) is 11.1. The lowest BCUT2D eigenvalue weighted by Crippen LogP contribution is -2.58. The van der Waals surface area contributed by atoms with Crippen molar-refractivity contribution in [3.05, 3.63) is 0 Å². The zero-order valence-corrected chi connectivity index (χ0v) is 20.4. The predicted molar refractivity (Wildman–Crippen MR) is 124 cm³/mol. The monoisotopic (exact) mass is 478 g/mol. The number of sulfonamides is 1. The summed E-state index contributed by atoms with van der Waals surface area (Å²) in [6, 6.07) is -0.284. The van der Waals surface area contributed by atoms with Gasteiger partial charge in [0.05, 0.1) is 5.25 Å². The summed E-state index contributed by atoms with van der Waals surface area (Å²) in [5, 5.41) is 2.66. The molecule has 1 aliphatic heterocycles. The molecule has 0 radical (unpaired) electrons. The molecule has 33 heavy (non-hydrogen) atoms. The number of carbonyl (C=O) groups is 3. The van der Waals surface area contributed by atoms with E-state index in [-0.39, 0.29) is 53.1 Å². The fraction of sp³-hybridized carbons (Fsp3) is 0.880. The van der Waals surface area contributed by atoms with Gasteiger partial charge in [-0.3, -0.25) is 14.4 Å². The van der Waals surface area contributed by atoms with Crippen molar-refractivity contribution in [3.63, 3.8) is 0 Å². The maximum atomic E-state index is 13.4. The summed E-state index contributed by atoms with van der Waals surface area (Å²) in [6.45, 7) is 1.19. The first-order valence-electron chi connectivity index (χ1n) is 13.2. The first kappa shape index (κ1) is 23.5. The lowest BCUT2D eigenvalue weighted by molar-refractivity contribution is -0.153. The number of hydrogen-bond donors (Lipinski definition) is 1. The van der Waals surface area contributed by atoms with Gasteiger partial charge in [-0.05, 0) is 57.8 Å². The largest absolute Gasteiger partial charge is 0.352 e. The molecular formula is C25H38N2O5S. The van der Waals surface area contributed by atoms with Gasteiger partial charge in [-0.2, -0.15) is 0 Å². The van der Waals surface area contributed by atoms with Crippen LogP contribution in [0, 0.1) is 29.6 Å². The van der Waals surface area contributed by atoms with Crippen molar-refractivity contribution in [3.8, 4) is 0 Å². The SMILES string of the molecule is O=C(NC1CCCC2C(=O)C3CCCCC3C(=O)C12)C1CCC(S(=O)(=O)N2CCCCC2)C1. The lowest BCUT2D eigenvalue weighted by atomic mass is 9.57. The number of amides is 1.